The molecule has 1 aliphatic heterocycles. The number of hydrogen-bond donors (Lipinski definition) is 3. The Morgan fingerprint density at radius 1 is 1.59 bits per heavy atom. The molecule has 8 nitrogen and oxygen atoms in total. The second-order valence-electron chi connectivity index (χ2n) is 3.87. The smallest absolute Gasteiger partial charge is 0.288 e. The van der Waals surface area contributed by atoms with Crippen LogP contribution < -0.4 is 5.73 Å². The third-order valence-corrected chi connectivity index (χ3v) is 2.73. The number of amides is 1. The van der Waals surface area contributed by atoms with Crippen LogP contribution in [-0.4, -0.2) is 49.2 Å². The minimum absolute atomic E-state index is 0.157. The van der Waals surface area contributed by atoms with Crippen LogP contribution in [0, 0.1) is 0 Å². The topological polar surface area (TPSA) is 123 Å². The van der Waals surface area contributed by atoms with Crippen molar-refractivity contribution in [2.24, 2.45) is 5.73 Å². The van der Waals surface area contributed by atoms with Gasteiger partial charge in [0, 0.05) is 0 Å². The number of nitrogens with two attached hydrogens (primary N) is 1. The molecule has 17 heavy (non-hydrogen) atoms. The Balaban J connectivity index is 2.19. The number of aromatic nitrogens is 3. The first-order valence-corrected chi connectivity index (χ1v) is 5.27. The van der Waals surface area contributed by atoms with E-state index < -0.39 is 30.4 Å². The van der Waals surface area contributed by atoms with Crippen LogP contribution in [0.4, 0.5) is 0 Å². The van der Waals surface area contributed by atoms with E-state index in [0.717, 1.165) is 0 Å². The highest BCUT2D eigenvalue weighted by atomic mass is 16.6. The van der Waals surface area contributed by atoms with Crippen molar-refractivity contribution < 1.29 is 19.7 Å². The number of nitrogens with zero attached hydrogens (tertiary/aromatic N) is 3. The van der Waals surface area contributed by atoms with Crippen molar-refractivity contribution in [1.82, 2.24) is 14.8 Å². The molecule has 1 unspecified atom stereocenters. The highest BCUT2D eigenvalue weighted by Crippen LogP contribution is 2.29. The zero-order chi connectivity index (χ0) is 12.6. The van der Waals surface area contributed by atoms with Gasteiger partial charge in [0.15, 0.2) is 6.23 Å². The molecular weight excluding hydrogens is 228 g/mol. The van der Waals surface area contributed by atoms with Crippen LogP contribution in [0.1, 0.15) is 30.2 Å². The lowest BCUT2D eigenvalue weighted by molar-refractivity contribution is -0.0451. The average Bonchev–Trinajstić information content (AvgIpc) is 2.87. The summed E-state index contributed by atoms with van der Waals surface area (Å²) in [5.41, 5.74) is 5.01. The van der Waals surface area contributed by atoms with Gasteiger partial charge in [0.25, 0.3) is 5.91 Å². The molecule has 0 aromatic carbocycles. The number of aliphatic hydroxyl groups is 2. The number of rotatable bonds is 3. The van der Waals surface area contributed by atoms with E-state index in [1.165, 1.54) is 11.0 Å². The van der Waals surface area contributed by atoms with Gasteiger partial charge in [-0.05, 0) is 6.42 Å². The molecule has 0 spiro atoms. The monoisotopic (exact) mass is 242 g/mol. The van der Waals surface area contributed by atoms with Crippen molar-refractivity contribution >= 4 is 5.91 Å². The van der Waals surface area contributed by atoms with Crippen molar-refractivity contribution in [3.05, 3.63) is 12.2 Å². The average molecular weight is 242 g/mol. The Morgan fingerprint density at radius 2 is 2.29 bits per heavy atom. The van der Waals surface area contributed by atoms with E-state index >= 15 is 0 Å². The first-order chi connectivity index (χ1) is 8.04. The van der Waals surface area contributed by atoms with Gasteiger partial charge in [-0.2, -0.15) is 0 Å². The highest BCUT2D eigenvalue weighted by molar-refractivity contribution is 5.88. The van der Waals surface area contributed by atoms with E-state index in [1.807, 2.05) is 6.92 Å². The fourth-order valence-electron chi connectivity index (χ4n) is 1.80. The van der Waals surface area contributed by atoms with Gasteiger partial charge in [-0.3, -0.25) is 4.79 Å². The van der Waals surface area contributed by atoms with Crippen molar-refractivity contribution in [3.63, 3.8) is 0 Å². The molecule has 2 heterocycles. The molecule has 1 aromatic heterocycles. The minimum atomic E-state index is -1.11. The summed E-state index contributed by atoms with van der Waals surface area (Å²) in [5.74, 6) is -0.918. The normalized spacial score (nSPS) is 32.9. The van der Waals surface area contributed by atoms with Gasteiger partial charge in [0.1, 0.15) is 18.5 Å². The molecule has 4 N–H and O–H groups in total. The van der Waals surface area contributed by atoms with E-state index in [9.17, 15) is 15.0 Å². The molecule has 0 saturated carbocycles. The molecule has 2 rings (SSSR count). The summed E-state index contributed by atoms with van der Waals surface area (Å²) in [5, 5.41) is 23.2. The van der Waals surface area contributed by atoms with Crippen molar-refractivity contribution in [2.75, 3.05) is 0 Å². The summed E-state index contributed by atoms with van der Waals surface area (Å²) in [4.78, 5) is 14.5. The highest BCUT2D eigenvalue weighted by Gasteiger charge is 2.43. The molecule has 1 saturated heterocycles. The lowest BCUT2D eigenvalue weighted by Gasteiger charge is -2.13. The third kappa shape index (κ3) is 2.02. The second kappa shape index (κ2) is 4.40. The summed E-state index contributed by atoms with van der Waals surface area (Å²) in [6, 6.07) is 0. The van der Waals surface area contributed by atoms with Gasteiger partial charge >= 0.3 is 0 Å². The molecule has 1 aliphatic rings. The Hall–Kier alpha value is -1.51. The van der Waals surface area contributed by atoms with Crippen molar-refractivity contribution in [1.29, 1.82) is 0 Å². The maximum atomic E-state index is 10.8. The lowest BCUT2D eigenvalue weighted by Crippen LogP contribution is -2.31. The zero-order valence-electron chi connectivity index (χ0n) is 9.22. The molecule has 0 radical (unpaired) electrons. The Bertz CT molecular complexity index is 421. The van der Waals surface area contributed by atoms with Crippen LogP contribution in [0.5, 0.6) is 0 Å². The Morgan fingerprint density at radius 3 is 2.76 bits per heavy atom. The number of ether oxygens (including phenoxy) is 1. The standard InChI is InChI=1S/C9H14N4O4/c1-2-4-5(14)6(15)9(17-4)13-3-11-8(12-13)7(10)16/h3-6,9,14-15H,2H2,1H3,(H2,10,16)/t4-,5?,6-,9-/m1/s1. The SMILES string of the molecule is CC[C@H]1O[C@@H](n2cnc(C(N)=O)n2)[C@H](O)C1O. The molecular formula is C9H14N4O4. The summed E-state index contributed by atoms with van der Waals surface area (Å²) in [6.07, 6.45) is -1.61. The summed E-state index contributed by atoms with van der Waals surface area (Å²) in [6.45, 7) is 1.83. The molecule has 4 atom stereocenters. The van der Waals surface area contributed by atoms with Crippen LogP contribution >= 0.6 is 0 Å². The van der Waals surface area contributed by atoms with Crippen LogP contribution in [0.3, 0.4) is 0 Å². The fourth-order valence-corrected chi connectivity index (χ4v) is 1.80. The molecule has 0 aliphatic carbocycles. The number of primary amides is 1. The van der Waals surface area contributed by atoms with E-state index in [4.69, 9.17) is 10.5 Å². The van der Waals surface area contributed by atoms with E-state index in [0.29, 0.717) is 6.42 Å². The number of carbonyl (C=O) groups excluding carboxylic acids is 1. The van der Waals surface area contributed by atoms with Gasteiger partial charge in [-0.15, -0.1) is 5.10 Å². The maximum absolute atomic E-state index is 10.8. The summed E-state index contributed by atoms with van der Waals surface area (Å²) in [7, 11) is 0. The number of hydrogen-bond acceptors (Lipinski definition) is 6. The Kier molecular flexibility index (Phi) is 3.09. The molecule has 8 heteroatoms. The van der Waals surface area contributed by atoms with E-state index in [-0.39, 0.29) is 5.82 Å². The fraction of sp³-hybridized carbons (Fsp3) is 0.667. The van der Waals surface area contributed by atoms with Crippen molar-refractivity contribution in [2.45, 2.75) is 37.9 Å². The largest absolute Gasteiger partial charge is 0.388 e. The van der Waals surface area contributed by atoms with Crippen LogP contribution in [0.25, 0.3) is 0 Å². The zero-order valence-corrected chi connectivity index (χ0v) is 9.22. The minimum Gasteiger partial charge on any atom is -0.388 e. The van der Waals surface area contributed by atoms with Crippen LogP contribution in [-0.2, 0) is 4.74 Å². The molecule has 1 aromatic rings. The van der Waals surface area contributed by atoms with Crippen molar-refractivity contribution in [3.8, 4) is 0 Å². The lowest BCUT2D eigenvalue weighted by atomic mass is 10.1. The summed E-state index contributed by atoms with van der Waals surface area (Å²) >= 11 is 0. The first kappa shape index (κ1) is 12.0. The quantitative estimate of drug-likeness (QED) is 0.587. The number of aliphatic hydroxyl groups excluding tert-OH is 2. The molecule has 0 bridgehead atoms. The van der Waals surface area contributed by atoms with Gasteiger partial charge in [0.2, 0.25) is 5.82 Å². The summed E-state index contributed by atoms with van der Waals surface area (Å²) < 4.78 is 6.61. The van der Waals surface area contributed by atoms with Gasteiger partial charge in [-0.1, -0.05) is 6.92 Å². The van der Waals surface area contributed by atoms with Gasteiger partial charge in [0.05, 0.1) is 6.10 Å². The predicted octanol–water partition coefficient (Wildman–Crippen LogP) is -1.59. The van der Waals surface area contributed by atoms with Gasteiger partial charge < -0.3 is 20.7 Å². The van der Waals surface area contributed by atoms with E-state index in [2.05, 4.69) is 10.1 Å². The van der Waals surface area contributed by atoms with Crippen LogP contribution in [0.15, 0.2) is 6.33 Å². The third-order valence-electron chi connectivity index (χ3n) is 2.73. The predicted molar refractivity (Wildman–Crippen MR) is 54.8 cm³/mol. The molecule has 1 amide bonds. The van der Waals surface area contributed by atoms with E-state index in [1.54, 1.807) is 0 Å². The maximum Gasteiger partial charge on any atom is 0.288 e. The second-order valence-corrected chi connectivity index (χ2v) is 3.87. The Labute approximate surface area is 97.0 Å². The van der Waals surface area contributed by atoms with Crippen LogP contribution in [0.2, 0.25) is 0 Å². The van der Waals surface area contributed by atoms with Gasteiger partial charge in [-0.25, -0.2) is 9.67 Å². The number of carbonyl (C=O) groups is 1. The molecule has 94 valence electrons. The molecule has 1 fully saturated rings. The first-order valence-electron chi connectivity index (χ1n) is 5.27.